The van der Waals surface area contributed by atoms with Gasteiger partial charge in [0.1, 0.15) is 15.9 Å². The Balaban J connectivity index is 1.47. The lowest BCUT2D eigenvalue weighted by molar-refractivity contribution is 0.131. The quantitative estimate of drug-likeness (QED) is 0.743. The molecule has 0 radical (unpaired) electrons. The maximum absolute atomic E-state index is 13.5. The first-order chi connectivity index (χ1) is 13.0. The average Bonchev–Trinajstić information content (AvgIpc) is 3.01. The van der Waals surface area contributed by atoms with E-state index in [1.807, 2.05) is 0 Å². The van der Waals surface area contributed by atoms with Gasteiger partial charge < -0.3 is 21.1 Å². The van der Waals surface area contributed by atoms with Gasteiger partial charge in [0.25, 0.3) is 0 Å². The zero-order chi connectivity index (χ0) is 19.0. The van der Waals surface area contributed by atoms with Gasteiger partial charge >= 0.3 is 0 Å². The van der Waals surface area contributed by atoms with Crippen LogP contribution in [0.2, 0.25) is 5.02 Å². The van der Waals surface area contributed by atoms with Gasteiger partial charge in [0.15, 0.2) is 5.82 Å². The minimum Gasteiger partial charge on any atom is -0.381 e. The zero-order valence-corrected chi connectivity index (χ0v) is 16.1. The van der Waals surface area contributed by atoms with Crippen molar-refractivity contribution in [3.8, 4) is 0 Å². The van der Waals surface area contributed by atoms with Crippen LogP contribution in [0.4, 0.5) is 16.0 Å². The SMILES string of the molecule is Nc1nc(N2CCC3(CC2)COCC3N)cnc1Sc1ccnc(F)c1Cl. The third-order valence-electron chi connectivity index (χ3n) is 5.33. The first-order valence-electron chi connectivity index (χ1n) is 8.67. The van der Waals surface area contributed by atoms with Gasteiger partial charge in [-0.25, -0.2) is 15.0 Å². The van der Waals surface area contributed by atoms with Crippen molar-refractivity contribution in [2.75, 3.05) is 36.9 Å². The fraction of sp³-hybridized carbons (Fsp3) is 0.471. The van der Waals surface area contributed by atoms with Gasteiger partial charge in [-0.2, -0.15) is 4.39 Å². The molecule has 2 aromatic rings. The average molecular weight is 411 g/mol. The van der Waals surface area contributed by atoms with Crippen LogP contribution < -0.4 is 16.4 Å². The van der Waals surface area contributed by atoms with Crippen LogP contribution in [0.25, 0.3) is 0 Å². The highest BCUT2D eigenvalue weighted by Crippen LogP contribution is 2.40. The van der Waals surface area contributed by atoms with E-state index in [1.165, 1.54) is 6.20 Å². The molecule has 0 amide bonds. The molecule has 2 aromatic heterocycles. The Morgan fingerprint density at radius 2 is 2.11 bits per heavy atom. The van der Waals surface area contributed by atoms with E-state index in [9.17, 15) is 4.39 Å². The van der Waals surface area contributed by atoms with Crippen LogP contribution in [0.15, 0.2) is 28.4 Å². The lowest BCUT2D eigenvalue weighted by atomic mass is 9.75. The summed E-state index contributed by atoms with van der Waals surface area (Å²) in [6.45, 7) is 3.03. The molecule has 1 unspecified atom stereocenters. The van der Waals surface area contributed by atoms with Crippen LogP contribution in [0.5, 0.6) is 0 Å². The molecule has 144 valence electrons. The normalized spacial score (nSPS) is 21.7. The summed E-state index contributed by atoms with van der Waals surface area (Å²) in [4.78, 5) is 15.1. The summed E-state index contributed by atoms with van der Waals surface area (Å²) in [5.74, 6) is 0.291. The summed E-state index contributed by atoms with van der Waals surface area (Å²) >= 11 is 7.11. The summed E-state index contributed by atoms with van der Waals surface area (Å²) in [7, 11) is 0. The highest BCUT2D eigenvalue weighted by atomic mass is 35.5. The van der Waals surface area contributed by atoms with E-state index in [0.29, 0.717) is 16.5 Å². The van der Waals surface area contributed by atoms with Crippen LogP contribution in [0.1, 0.15) is 12.8 Å². The molecule has 4 N–H and O–H groups in total. The highest BCUT2D eigenvalue weighted by Gasteiger charge is 2.44. The van der Waals surface area contributed by atoms with Gasteiger partial charge in [0, 0.05) is 35.6 Å². The van der Waals surface area contributed by atoms with Gasteiger partial charge in [-0.05, 0) is 18.9 Å². The molecule has 7 nitrogen and oxygen atoms in total. The second-order valence-corrected chi connectivity index (χ2v) is 8.31. The second kappa shape index (κ2) is 7.38. The lowest BCUT2D eigenvalue weighted by Gasteiger charge is -2.41. The molecule has 10 heteroatoms. The van der Waals surface area contributed by atoms with Crippen LogP contribution >= 0.6 is 23.4 Å². The molecule has 2 fully saturated rings. The zero-order valence-electron chi connectivity index (χ0n) is 14.6. The molecule has 27 heavy (non-hydrogen) atoms. The van der Waals surface area contributed by atoms with Crippen molar-refractivity contribution < 1.29 is 9.13 Å². The van der Waals surface area contributed by atoms with Gasteiger partial charge in [0.05, 0.1) is 19.4 Å². The van der Waals surface area contributed by atoms with E-state index < -0.39 is 5.95 Å². The first-order valence-corrected chi connectivity index (χ1v) is 9.87. The topological polar surface area (TPSA) is 103 Å². The van der Waals surface area contributed by atoms with Crippen molar-refractivity contribution in [3.63, 3.8) is 0 Å². The molecule has 2 saturated heterocycles. The van der Waals surface area contributed by atoms with Crippen molar-refractivity contribution in [1.82, 2.24) is 15.0 Å². The van der Waals surface area contributed by atoms with Crippen LogP contribution in [0.3, 0.4) is 0 Å². The maximum Gasteiger partial charge on any atom is 0.232 e. The molecule has 2 aliphatic rings. The van der Waals surface area contributed by atoms with E-state index >= 15 is 0 Å². The number of halogens is 2. The third-order valence-corrected chi connectivity index (χ3v) is 6.87. The molecule has 4 rings (SSSR count). The number of rotatable bonds is 3. The molecule has 1 spiro atoms. The summed E-state index contributed by atoms with van der Waals surface area (Å²) in [6, 6.07) is 1.71. The van der Waals surface area contributed by atoms with Crippen molar-refractivity contribution >= 4 is 35.0 Å². The Labute approximate surface area is 165 Å². The van der Waals surface area contributed by atoms with Crippen molar-refractivity contribution in [2.24, 2.45) is 11.1 Å². The largest absolute Gasteiger partial charge is 0.381 e. The summed E-state index contributed by atoms with van der Waals surface area (Å²) in [6.07, 6.45) is 4.95. The van der Waals surface area contributed by atoms with Crippen LogP contribution in [0, 0.1) is 11.4 Å². The van der Waals surface area contributed by atoms with Crippen LogP contribution in [-0.4, -0.2) is 47.3 Å². The third kappa shape index (κ3) is 3.56. The molecule has 0 saturated carbocycles. The number of anilines is 2. The molecule has 1 atom stereocenters. The van der Waals surface area contributed by atoms with Gasteiger partial charge in [-0.1, -0.05) is 23.4 Å². The minimum absolute atomic E-state index is 0.0516. The van der Waals surface area contributed by atoms with E-state index in [1.54, 1.807) is 12.3 Å². The highest BCUT2D eigenvalue weighted by molar-refractivity contribution is 7.99. The Morgan fingerprint density at radius 3 is 2.78 bits per heavy atom. The Hall–Kier alpha value is -1.68. The molecular weight excluding hydrogens is 391 g/mol. The van der Waals surface area contributed by atoms with Gasteiger partial charge in [-0.3, -0.25) is 0 Å². The summed E-state index contributed by atoms with van der Waals surface area (Å²) in [5, 5.41) is 0.426. The van der Waals surface area contributed by atoms with Gasteiger partial charge in [-0.15, -0.1) is 0 Å². The minimum atomic E-state index is -0.721. The monoisotopic (exact) mass is 410 g/mol. The molecule has 0 bridgehead atoms. The number of nitrogen functional groups attached to an aromatic ring is 1. The number of pyridine rings is 1. The van der Waals surface area contributed by atoms with E-state index in [4.69, 9.17) is 27.8 Å². The Kier molecular flexibility index (Phi) is 5.11. The van der Waals surface area contributed by atoms with E-state index in [-0.39, 0.29) is 22.3 Å². The number of hydrogen-bond donors (Lipinski definition) is 2. The Morgan fingerprint density at radius 1 is 1.33 bits per heavy atom. The second-order valence-electron chi connectivity index (χ2n) is 6.91. The van der Waals surface area contributed by atoms with E-state index in [0.717, 1.165) is 50.1 Å². The first kappa shape index (κ1) is 18.7. The van der Waals surface area contributed by atoms with E-state index in [2.05, 4.69) is 19.9 Å². The van der Waals surface area contributed by atoms with Crippen LogP contribution in [-0.2, 0) is 4.74 Å². The lowest BCUT2D eigenvalue weighted by Crippen LogP contribution is -2.49. The Bertz CT molecular complexity index is 848. The van der Waals surface area contributed by atoms with Gasteiger partial charge in [0.2, 0.25) is 5.95 Å². The van der Waals surface area contributed by atoms with Crippen molar-refractivity contribution in [2.45, 2.75) is 28.8 Å². The molecular formula is C17H20ClFN6OS. The number of piperidine rings is 1. The van der Waals surface area contributed by atoms with Crippen molar-refractivity contribution in [3.05, 3.63) is 29.4 Å². The standard InChI is InChI=1S/C17H20ClFN6OS/c18-13-10(1-4-22-14(13)19)27-16-15(21)24-12(7-23-16)25-5-2-17(3-6-25)9-26-8-11(17)20/h1,4,7,11H,2-3,5-6,8-9,20H2,(H2,21,24). The summed E-state index contributed by atoms with van der Waals surface area (Å²) < 4.78 is 19.1. The predicted octanol–water partition coefficient (Wildman–Crippen LogP) is 2.34. The predicted molar refractivity (Wildman–Crippen MR) is 102 cm³/mol. The molecule has 4 heterocycles. The number of nitrogens with two attached hydrogens (primary N) is 2. The number of nitrogens with zero attached hydrogens (tertiary/aromatic N) is 4. The number of ether oxygens (including phenoxy) is 1. The number of aromatic nitrogens is 3. The molecule has 0 aliphatic carbocycles. The summed E-state index contributed by atoms with van der Waals surface area (Å²) in [5.41, 5.74) is 12.4. The molecule has 2 aliphatic heterocycles. The number of hydrogen-bond acceptors (Lipinski definition) is 8. The fourth-order valence-electron chi connectivity index (χ4n) is 3.57. The maximum atomic E-state index is 13.5. The smallest absolute Gasteiger partial charge is 0.232 e. The molecule has 0 aromatic carbocycles. The fourth-order valence-corrected chi connectivity index (χ4v) is 4.56. The van der Waals surface area contributed by atoms with Crippen molar-refractivity contribution in [1.29, 1.82) is 0 Å².